The van der Waals surface area contributed by atoms with Crippen LogP contribution in [-0.2, 0) is 14.8 Å². The monoisotopic (exact) mass is 446 g/mol. The lowest BCUT2D eigenvalue weighted by atomic mass is 10.1. The van der Waals surface area contributed by atoms with Crippen LogP contribution < -0.4 is 14.2 Å². The third kappa shape index (κ3) is 4.62. The molecule has 166 valence electrons. The molecule has 0 bridgehead atoms. The first-order valence-electron chi connectivity index (χ1n) is 10.2. The average Bonchev–Trinajstić information content (AvgIpc) is 2.79. The lowest BCUT2D eigenvalue weighted by Crippen LogP contribution is -2.51. The van der Waals surface area contributed by atoms with E-state index in [4.69, 9.17) is 14.2 Å². The van der Waals surface area contributed by atoms with Crippen molar-refractivity contribution in [1.82, 2.24) is 9.21 Å². The van der Waals surface area contributed by atoms with Gasteiger partial charge in [0.25, 0.3) is 5.91 Å². The molecule has 0 aliphatic carbocycles. The quantitative estimate of drug-likeness (QED) is 0.698. The van der Waals surface area contributed by atoms with Crippen molar-refractivity contribution in [3.63, 3.8) is 0 Å². The van der Waals surface area contributed by atoms with Crippen LogP contribution in [0.1, 0.15) is 11.1 Å². The zero-order chi connectivity index (χ0) is 22.0. The van der Waals surface area contributed by atoms with Crippen LogP contribution in [0.2, 0.25) is 0 Å². The zero-order valence-electron chi connectivity index (χ0n) is 17.7. The summed E-state index contributed by atoms with van der Waals surface area (Å²) in [5.41, 5.74) is 2.26. The molecule has 8 nitrogen and oxygen atoms in total. The minimum Gasteiger partial charge on any atom is -0.486 e. The third-order valence-corrected chi connectivity index (χ3v) is 7.48. The molecular formula is C22H26N2O6S. The number of carbonyl (C=O) groups is 1. The van der Waals surface area contributed by atoms with E-state index in [0.29, 0.717) is 43.6 Å². The van der Waals surface area contributed by atoms with E-state index < -0.39 is 10.0 Å². The Labute approximate surface area is 182 Å². The number of piperazine rings is 1. The molecule has 2 aromatic rings. The highest BCUT2D eigenvalue weighted by Gasteiger charge is 2.31. The number of aryl methyl sites for hydroxylation is 2. The van der Waals surface area contributed by atoms with Crippen LogP contribution in [0.3, 0.4) is 0 Å². The van der Waals surface area contributed by atoms with Gasteiger partial charge >= 0.3 is 0 Å². The van der Waals surface area contributed by atoms with Gasteiger partial charge in [-0.2, -0.15) is 4.31 Å². The number of hydrogen-bond donors (Lipinski definition) is 0. The Bertz CT molecular complexity index is 1080. The van der Waals surface area contributed by atoms with Crippen molar-refractivity contribution >= 4 is 15.9 Å². The Morgan fingerprint density at radius 2 is 1.65 bits per heavy atom. The number of fused-ring (bicyclic) bond motifs is 1. The summed E-state index contributed by atoms with van der Waals surface area (Å²) in [7, 11) is -3.68. The summed E-state index contributed by atoms with van der Waals surface area (Å²) in [6, 6.07) is 10.3. The average molecular weight is 447 g/mol. The summed E-state index contributed by atoms with van der Waals surface area (Å²) >= 11 is 0. The Kier molecular flexibility index (Phi) is 6.06. The zero-order valence-corrected chi connectivity index (χ0v) is 18.5. The van der Waals surface area contributed by atoms with Gasteiger partial charge in [-0.25, -0.2) is 8.42 Å². The van der Waals surface area contributed by atoms with E-state index in [1.54, 1.807) is 11.0 Å². The van der Waals surface area contributed by atoms with Gasteiger partial charge in [-0.05, 0) is 49.2 Å². The molecule has 0 unspecified atom stereocenters. The van der Waals surface area contributed by atoms with Crippen molar-refractivity contribution in [2.75, 3.05) is 46.0 Å². The van der Waals surface area contributed by atoms with E-state index in [2.05, 4.69) is 0 Å². The van der Waals surface area contributed by atoms with Crippen LogP contribution in [0, 0.1) is 13.8 Å². The molecule has 9 heteroatoms. The van der Waals surface area contributed by atoms with E-state index in [1.165, 1.54) is 16.4 Å². The van der Waals surface area contributed by atoms with Crippen molar-refractivity contribution in [2.24, 2.45) is 0 Å². The molecule has 0 saturated carbocycles. The van der Waals surface area contributed by atoms with Crippen molar-refractivity contribution in [1.29, 1.82) is 0 Å². The van der Waals surface area contributed by atoms with Crippen LogP contribution in [0.4, 0.5) is 0 Å². The second-order valence-electron chi connectivity index (χ2n) is 7.63. The predicted octanol–water partition coefficient (Wildman–Crippen LogP) is 1.99. The summed E-state index contributed by atoms with van der Waals surface area (Å²) in [5.74, 6) is 1.47. The van der Waals surface area contributed by atoms with E-state index in [1.807, 2.05) is 32.0 Å². The Balaban J connectivity index is 1.34. The Morgan fingerprint density at radius 1 is 0.935 bits per heavy atom. The van der Waals surface area contributed by atoms with Gasteiger partial charge in [0.05, 0.1) is 4.90 Å². The Hall–Kier alpha value is -2.78. The van der Waals surface area contributed by atoms with E-state index in [0.717, 1.165) is 11.1 Å². The fraction of sp³-hybridized carbons (Fsp3) is 0.409. The molecule has 2 aliphatic heterocycles. The lowest BCUT2D eigenvalue weighted by molar-refractivity contribution is -0.134. The van der Waals surface area contributed by atoms with E-state index >= 15 is 0 Å². The van der Waals surface area contributed by atoms with Gasteiger partial charge in [-0.3, -0.25) is 4.79 Å². The molecule has 1 saturated heterocycles. The normalized spacial score (nSPS) is 16.8. The molecule has 0 spiro atoms. The maximum absolute atomic E-state index is 13.0. The van der Waals surface area contributed by atoms with Crippen LogP contribution in [-0.4, -0.2) is 69.5 Å². The first-order chi connectivity index (χ1) is 14.8. The highest BCUT2D eigenvalue weighted by molar-refractivity contribution is 7.89. The lowest BCUT2D eigenvalue weighted by Gasteiger charge is -2.34. The second kappa shape index (κ2) is 8.76. The van der Waals surface area contributed by atoms with Gasteiger partial charge in [-0.15, -0.1) is 0 Å². The van der Waals surface area contributed by atoms with Gasteiger partial charge in [0, 0.05) is 32.2 Å². The van der Waals surface area contributed by atoms with Crippen molar-refractivity contribution in [3.05, 3.63) is 47.5 Å². The third-order valence-electron chi connectivity index (χ3n) is 5.58. The number of rotatable bonds is 5. The number of hydrogen-bond acceptors (Lipinski definition) is 6. The molecular weight excluding hydrogens is 420 g/mol. The molecule has 2 aromatic carbocycles. The minimum atomic E-state index is -3.68. The summed E-state index contributed by atoms with van der Waals surface area (Å²) < 4.78 is 44.0. The second-order valence-corrected chi connectivity index (χ2v) is 9.56. The smallest absolute Gasteiger partial charge is 0.260 e. The van der Waals surface area contributed by atoms with Crippen molar-refractivity contribution in [3.8, 4) is 17.2 Å². The first kappa shape index (κ1) is 21.5. The topological polar surface area (TPSA) is 85.4 Å². The van der Waals surface area contributed by atoms with Crippen LogP contribution in [0.25, 0.3) is 0 Å². The summed E-state index contributed by atoms with van der Waals surface area (Å²) in [6.07, 6.45) is 0. The molecule has 0 N–H and O–H groups in total. The number of sulfonamides is 1. The molecule has 31 heavy (non-hydrogen) atoms. The number of nitrogens with zero attached hydrogens (tertiary/aromatic N) is 2. The number of ether oxygens (including phenoxy) is 3. The first-order valence-corrected chi connectivity index (χ1v) is 11.7. The highest BCUT2D eigenvalue weighted by atomic mass is 32.2. The molecule has 1 amide bonds. The molecule has 1 fully saturated rings. The largest absolute Gasteiger partial charge is 0.486 e. The fourth-order valence-corrected chi connectivity index (χ4v) is 4.99. The number of amides is 1. The molecule has 2 heterocycles. The van der Waals surface area contributed by atoms with Crippen LogP contribution >= 0.6 is 0 Å². The summed E-state index contributed by atoms with van der Waals surface area (Å²) in [5, 5.41) is 0. The minimum absolute atomic E-state index is 0.0720. The fourth-order valence-electron chi connectivity index (χ4n) is 3.55. The highest BCUT2D eigenvalue weighted by Crippen LogP contribution is 2.33. The Morgan fingerprint density at radius 3 is 2.35 bits per heavy atom. The molecule has 0 radical (unpaired) electrons. The van der Waals surface area contributed by atoms with Gasteiger partial charge in [-0.1, -0.05) is 6.07 Å². The van der Waals surface area contributed by atoms with E-state index in [9.17, 15) is 13.2 Å². The van der Waals surface area contributed by atoms with Gasteiger partial charge in [0.2, 0.25) is 10.0 Å². The van der Waals surface area contributed by atoms with Crippen LogP contribution in [0.5, 0.6) is 17.2 Å². The van der Waals surface area contributed by atoms with E-state index in [-0.39, 0.29) is 30.5 Å². The summed E-state index contributed by atoms with van der Waals surface area (Å²) in [6.45, 7) is 5.87. The molecule has 0 atom stereocenters. The standard InChI is InChI=1S/C22H26N2O6S/c1-16-3-4-18(13-17(16)2)30-15-22(25)23-7-9-24(10-8-23)31(26,27)19-5-6-20-21(14-19)29-12-11-28-20/h3-6,13-14H,7-12,15H2,1-2H3. The van der Waals surface area contributed by atoms with Crippen molar-refractivity contribution < 1.29 is 27.4 Å². The van der Waals surface area contributed by atoms with Gasteiger partial charge in [0.15, 0.2) is 18.1 Å². The van der Waals surface area contributed by atoms with Gasteiger partial charge < -0.3 is 19.1 Å². The molecule has 2 aliphatic rings. The summed E-state index contributed by atoms with van der Waals surface area (Å²) in [4.78, 5) is 14.3. The maximum atomic E-state index is 13.0. The SMILES string of the molecule is Cc1ccc(OCC(=O)N2CCN(S(=O)(=O)c3ccc4c(c3)OCCO4)CC2)cc1C. The number of carbonyl (C=O) groups excluding carboxylic acids is 1. The number of benzene rings is 2. The molecule has 0 aromatic heterocycles. The maximum Gasteiger partial charge on any atom is 0.260 e. The predicted molar refractivity (Wildman–Crippen MR) is 114 cm³/mol. The van der Waals surface area contributed by atoms with Crippen LogP contribution in [0.15, 0.2) is 41.3 Å². The van der Waals surface area contributed by atoms with Gasteiger partial charge in [0.1, 0.15) is 19.0 Å². The van der Waals surface area contributed by atoms with Crippen molar-refractivity contribution in [2.45, 2.75) is 18.7 Å². The molecule has 4 rings (SSSR count).